The molecule has 0 unspecified atom stereocenters. The van der Waals surface area contributed by atoms with Gasteiger partial charge in [0, 0.05) is 18.5 Å². The van der Waals surface area contributed by atoms with Crippen molar-refractivity contribution >= 4 is 0 Å². The van der Waals surface area contributed by atoms with Gasteiger partial charge in [-0.25, -0.2) is 0 Å². The van der Waals surface area contributed by atoms with Crippen molar-refractivity contribution in [2.24, 2.45) is 0 Å². The summed E-state index contributed by atoms with van der Waals surface area (Å²) in [5, 5.41) is 7.17. The van der Waals surface area contributed by atoms with Gasteiger partial charge in [0.2, 0.25) is 5.89 Å². The van der Waals surface area contributed by atoms with Crippen LogP contribution in [0.2, 0.25) is 0 Å². The Balaban J connectivity index is 1.97. The predicted molar refractivity (Wildman–Crippen MR) is 62.5 cm³/mol. The van der Waals surface area contributed by atoms with Crippen molar-refractivity contribution in [1.29, 1.82) is 0 Å². The standard InChI is InChI=1S/C12H17N3O2/c1-7-5-11(9(3)16-7)8(2)13-6-12-14-10(4)17-15-12/h5,8,13H,6H2,1-4H3/t8-/m1/s1. The van der Waals surface area contributed by atoms with E-state index >= 15 is 0 Å². The molecule has 0 saturated heterocycles. The lowest BCUT2D eigenvalue weighted by Gasteiger charge is -2.10. The van der Waals surface area contributed by atoms with E-state index in [1.807, 2.05) is 13.8 Å². The van der Waals surface area contributed by atoms with E-state index in [9.17, 15) is 0 Å². The molecule has 2 heterocycles. The zero-order valence-electron chi connectivity index (χ0n) is 10.6. The second-order valence-corrected chi connectivity index (χ2v) is 4.20. The Morgan fingerprint density at radius 1 is 1.35 bits per heavy atom. The van der Waals surface area contributed by atoms with E-state index < -0.39 is 0 Å². The SMILES string of the molecule is Cc1cc([C@@H](C)NCc2noc(C)n2)c(C)o1. The zero-order valence-corrected chi connectivity index (χ0v) is 10.6. The second-order valence-electron chi connectivity index (χ2n) is 4.20. The molecule has 0 amide bonds. The third kappa shape index (κ3) is 2.74. The average molecular weight is 235 g/mol. The van der Waals surface area contributed by atoms with Crippen LogP contribution in [-0.4, -0.2) is 10.1 Å². The van der Waals surface area contributed by atoms with E-state index in [1.54, 1.807) is 6.92 Å². The van der Waals surface area contributed by atoms with Crippen molar-refractivity contribution in [3.63, 3.8) is 0 Å². The fourth-order valence-electron chi connectivity index (χ4n) is 1.85. The molecule has 0 aliphatic heterocycles. The first-order chi connectivity index (χ1) is 8.06. The highest BCUT2D eigenvalue weighted by Gasteiger charge is 2.13. The molecule has 0 aromatic carbocycles. The normalized spacial score (nSPS) is 12.9. The molecule has 2 rings (SSSR count). The Bertz CT molecular complexity index is 502. The van der Waals surface area contributed by atoms with Crippen molar-refractivity contribution in [2.45, 2.75) is 40.3 Å². The summed E-state index contributed by atoms with van der Waals surface area (Å²) in [6, 6.07) is 2.25. The summed E-state index contributed by atoms with van der Waals surface area (Å²) in [5.41, 5.74) is 1.17. The number of nitrogens with zero attached hydrogens (tertiary/aromatic N) is 2. The summed E-state index contributed by atoms with van der Waals surface area (Å²) in [7, 11) is 0. The van der Waals surface area contributed by atoms with Gasteiger partial charge >= 0.3 is 0 Å². The van der Waals surface area contributed by atoms with Crippen LogP contribution in [0.3, 0.4) is 0 Å². The van der Waals surface area contributed by atoms with E-state index in [4.69, 9.17) is 8.94 Å². The molecule has 0 aliphatic rings. The molecule has 0 aliphatic carbocycles. The minimum atomic E-state index is 0.200. The maximum atomic E-state index is 5.50. The second kappa shape index (κ2) is 4.71. The van der Waals surface area contributed by atoms with Gasteiger partial charge in [-0.2, -0.15) is 4.98 Å². The predicted octanol–water partition coefficient (Wildman–Crippen LogP) is 2.44. The Labute approximate surface area is 100 Å². The van der Waals surface area contributed by atoms with E-state index in [-0.39, 0.29) is 6.04 Å². The van der Waals surface area contributed by atoms with E-state index in [0.29, 0.717) is 18.3 Å². The lowest BCUT2D eigenvalue weighted by Crippen LogP contribution is -2.19. The molecular weight excluding hydrogens is 218 g/mol. The molecule has 2 aromatic rings. The Kier molecular flexibility index (Phi) is 3.28. The van der Waals surface area contributed by atoms with Gasteiger partial charge in [-0.05, 0) is 26.8 Å². The lowest BCUT2D eigenvalue weighted by molar-refractivity contribution is 0.384. The van der Waals surface area contributed by atoms with Crippen molar-refractivity contribution in [3.8, 4) is 0 Å². The molecule has 0 radical (unpaired) electrons. The molecule has 2 aromatic heterocycles. The molecule has 0 bridgehead atoms. The Morgan fingerprint density at radius 2 is 2.12 bits per heavy atom. The van der Waals surface area contributed by atoms with Crippen LogP contribution in [0, 0.1) is 20.8 Å². The molecule has 5 heteroatoms. The molecular formula is C12H17N3O2. The maximum Gasteiger partial charge on any atom is 0.223 e. The largest absolute Gasteiger partial charge is 0.466 e. The number of hydrogen-bond acceptors (Lipinski definition) is 5. The summed E-state index contributed by atoms with van der Waals surface area (Å²) < 4.78 is 10.4. The molecule has 0 fully saturated rings. The Hall–Kier alpha value is -1.62. The number of aromatic nitrogens is 2. The van der Waals surface area contributed by atoms with Gasteiger partial charge < -0.3 is 14.3 Å². The minimum Gasteiger partial charge on any atom is -0.466 e. The first-order valence-corrected chi connectivity index (χ1v) is 5.65. The van der Waals surface area contributed by atoms with Crippen LogP contribution in [-0.2, 0) is 6.54 Å². The number of hydrogen-bond donors (Lipinski definition) is 1. The fraction of sp³-hybridized carbons (Fsp3) is 0.500. The first kappa shape index (κ1) is 11.9. The van der Waals surface area contributed by atoms with Crippen molar-refractivity contribution in [1.82, 2.24) is 15.5 Å². The third-order valence-electron chi connectivity index (χ3n) is 2.68. The highest BCUT2D eigenvalue weighted by atomic mass is 16.5. The van der Waals surface area contributed by atoms with Gasteiger partial charge in [-0.15, -0.1) is 0 Å². The van der Waals surface area contributed by atoms with Crippen molar-refractivity contribution < 1.29 is 8.94 Å². The van der Waals surface area contributed by atoms with Crippen molar-refractivity contribution in [3.05, 3.63) is 34.9 Å². The maximum absolute atomic E-state index is 5.50. The topological polar surface area (TPSA) is 64.1 Å². The molecule has 0 saturated carbocycles. The van der Waals surface area contributed by atoms with E-state index in [0.717, 1.165) is 11.5 Å². The Morgan fingerprint density at radius 3 is 2.65 bits per heavy atom. The highest BCUT2D eigenvalue weighted by Crippen LogP contribution is 2.21. The monoisotopic (exact) mass is 235 g/mol. The smallest absolute Gasteiger partial charge is 0.223 e. The molecule has 17 heavy (non-hydrogen) atoms. The fourth-order valence-corrected chi connectivity index (χ4v) is 1.85. The van der Waals surface area contributed by atoms with Gasteiger partial charge in [0.15, 0.2) is 5.82 Å². The lowest BCUT2D eigenvalue weighted by atomic mass is 10.1. The number of rotatable bonds is 4. The van der Waals surface area contributed by atoms with Gasteiger partial charge in [-0.1, -0.05) is 5.16 Å². The van der Waals surface area contributed by atoms with Crippen LogP contribution in [0.1, 0.15) is 41.8 Å². The van der Waals surface area contributed by atoms with Gasteiger partial charge in [0.05, 0.1) is 6.54 Å². The van der Waals surface area contributed by atoms with Crippen LogP contribution in [0.15, 0.2) is 15.0 Å². The van der Waals surface area contributed by atoms with Crippen LogP contribution in [0.4, 0.5) is 0 Å². The molecule has 1 atom stereocenters. The number of furan rings is 1. The molecule has 92 valence electrons. The van der Waals surface area contributed by atoms with Crippen LogP contribution >= 0.6 is 0 Å². The van der Waals surface area contributed by atoms with Crippen LogP contribution in [0.25, 0.3) is 0 Å². The quantitative estimate of drug-likeness (QED) is 0.881. The summed E-state index contributed by atoms with van der Waals surface area (Å²) in [4.78, 5) is 4.14. The molecule has 1 N–H and O–H groups in total. The summed E-state index contributed by atoms with van der Waals surface area (Å²) in [5.74, 6) is 3.14. The van der Waals surface area contributed by atoms with Crippen LogP contribution in [0.5, 0.6) is 0 Å². The zero-order chi connectivity index (χ0) is 12.4. The van der Waals surface area contributed by atoms with Gasteiger partial charge in [0.1, 0.15) is 11.5 Å². The average Bonchev–Trinajstić information content (AvgIpc) is 2.81. The van der Waals surface area contributed by atoms with Crippen LogP contribution < -0.4 is 5.32 Å². The molecule has 0 spiro atoms. The van der Waals surface area contributed by atoms with Crippen molar-refractivity contribution in [2.75, 3.05) is 0 Å². The first-order valence-electron chi connectivity index (χ1n) is 5.65. The van der Waals surface area contributed by atoms with E-state index in [2.05, 4.69) is 28.4 Å². The minimum absolute atomic E-state index is 0.200. The molecule has 5 nitrogen and oxygen atoms in total. The summed E-state index contributed by atoms with van der Waals surface area (Å²) >= 11 is 0. The summed E-state index contributed by atoms with van der Waals surface area (Å²) in [6.45, 7) is 8.38. The van der Waals surface area contributed by atoms with Gasteiger partial charge in [-0.3, -0.25) is 0 Å². The highest BCUT2D eigenvalue weighted by molar-refractivity contribution is 5.23. The third-order valence-corrected chi connectivity index (χ3v) is 2.68. The van der Waals surface area contributed by atoms with E-state index in [1.165, 1.54) is 5.56 Å². The number of aryl methyl sites for hydroxylation is 3. The van der Waals surface area contributed by atoms with Gasteiger partial charge in [0.25, 0.3) is 0 Å². The summed E-state index contributed by atoms with van der Waals surface area (Å²) in [6.07, 6.45) is 0. The number of nitrogens with one attached hydrogen (secondary N) is 1.